The molecule has 1 aromatic rings. The van der Waals surface area contributed by atoms with Gasteiger partial charge in [0, 0.05) is 4.47 Å². The molecule has 0 fully saturated rings. The number of carbonyl (C=O) groups is 2. The van der Waals surface area contributed by atoms with E-state index in [2.05, 4.69) is 15.9 Å². The van der Waals surface area contributed by atoms with Crippen molar-refractivity contribution in [3.8, 4) is 0 Å². The predicted octanol–water partition coefficient (Wildman–Crippen LogP) is 1.43. The van der Waals surface area contributed by atoms with E-state index >= 15 is 0 Å². The Morgan fingerprint density at radius 2 is 2.07 bits per heavy atom. The normalized spacial score (nSPS) is 12.1. The molecule has 0 aliphatic carbocycles. The molecule has 14 heavy (non-hydrogen) atoms. The standard InChI is InChI=1S/C9H7BrNO3/c10-6-3-1-2-5(4-6)7(8(11)12)9(13)14/h1-4,7,11H,(H,13,14). The van der Waals surface area contributed by atoms with Crippen LogP contribution in [0.2, 0.25) is 0 Å². The summed E-state index contributed by atoms with van der Waals surface area (Å²) in [7, 11) is 0. The molecule has 1 aromatic carbocycles. The molecule has 0 bridgehead atoms. The fraction of sp³-hybridized carbons (Fsp3) is 0.111. The molecule has 0 spiro atoms. The highest BCUT2D eigenvalue weighted by Crippen LogP contribution is 2.20. The molecular weight excluding hydrogens is 250 g/mol. The highest BCUT2D eigenvalue weighted by molar-refractivity contribution is 9.10. The Balaban J connectivity index is 3.12. The number of carboxylic acids is 1. The zero-order chi connectivity index (χ0) is 10.7. The van der Waals surface area contributed by atoms with Crippen LogP contribution in [-0.2, 0) is 9.59 Å². The number of amides is 1. The maximum absolute atomic E-state index is 10.8. The summed E-state index contributed by atoms with van der Waals surface area (Å²) in [5.41, 5.74) is 7.15. The third-order valence-electron chi connectivity index (χ3n) is 1.69. The number of rotatable bonds is 3. The van der Waals surface area contributed by atoms with Crippen LogP contribution in [0.4, 0.5) is 0 Å². The van der Waals surface area contributed by atoms with Gasteiger partial charge >= 0.3 is 5.97 Å². The number of carbonyl (C=O) groups excluding carboxylic acids is 1. The van der Waals surface area contributed by atoms with Gasteiger partial charge in [0.25, 0.3) is 5.91 Å². The average molecular weight is 257 g/mol. The molecule has 5 heteroatoms. The topological polar surface area (TPSA) is 78.2 Å². The molecule has 1 rings (SSSR count). The predicted molar refractivity (Wildman–Crippen MR) is 52.6 cm³/mol. The van der Waals surface area contributed by atoms with Gasteiger partial charge in [-0.15, -0.1) is 0 Å². The van der Waals surface area contributed by atoms with Gasteiger partial charge in [0.15, 0.2) is 5.92 Å². The second kappa shape index (κ2) is 4.23. The Morgan fingerprint density at radius 3 is 2.50 bits per heavy atom. The molecule has 1 unspecified atom stereocenters. The first-order valence-electron chi connectivity index (χ1n) is 3.76. The van der Waals surface area contributed by atoms with Crippen LogP contribution in [-0.4, -0.2) is 17.0 Å². The molecule has 1 amide bonds. The van der Waals surface area contributed by atoms with Crippen LogP contribution in [0.15, 0.2) is 28.7 Å². The van der Waals surface area contributed by atoms with Gasteiger partial charge in [-0.2, -0.15) is 0 Å². The quantitative estimate of drug-likeness (QED) is 0.832. The number of aliphatic carboxylic acids is 1. The number of nitrogens with one attached hydrogen (secondary N) is 1. The van der Waals surface area contributed by atoms with Crippen LogP contribution in [0, 0.1) is 0 Å². The minimum Gasteiger partial charge on any atom is -0.480 e. The molecule has 0 aromatic heterocycles. The van der Waals surface area contributed by atoms with Gasteiger partial charge in [0.05, 0.1) is 0 Å². The molecule has 73 valence electrons. The summed E-state index contributed by atoms with van der Waals surface area (Å²) in [4.78, 5) is 21.5. The SMILES string of the molecule is [NH]C(=O)C(C(=O)O)c1cccc(Br)c1. The van der Waals surface area contributed by atoms with Gasteiger partial charge in [0.1, 0.15) is 0 Å². The summed E-state index contributed by atoms with van der Waals surface area (Å²) in [6, 6.07) is 6.37. The molecular formula is C9H7BrNO3. The summed E-state index contributed by atoms with van der Waals surface area (Å²) in [6.07, 6.45) is 0. The van der Waals surface area contributed by atoms with Crippen LogP contribution >= 0.6 is 15.9 Å². The second-order valence-electron chi connectivity index (χ2n) is 2.69. The maximum atomic E-state index is 10.8. The lowest BCUT2D eigenvalue weighted by molar-refractivity contribution is -0.142. The summed E-state index contributed by atoms with van der Waals surface area (Å²) in [6.45, 7) is 0. The molecule has 2 N–H and O–H groups in total. The summed E-state index contributed by atoms with van der Waals surface area (Å²) in [5.74, 6) is -3.81. The van der Waals surface area contributed by atoms with E-state index in [1.54, 1.807) is 12.1 Å². The van der Waals surface area contributed by atoms with Crippen molar-refractivity contribution in [2.75, 3.05) is 0 Å². The Hall–Kier alpha value is -1.36. The fourth-order valence-corrected chi connectivity index (χ4v) is 1.51. The first kappa shape index (κ1) is 10.7. The average Bonchev–Trinajstić information content (AvgIpc) is 2.02. The molecule has 1 atom stereocenters. The Bertz CT molecular complexity index is 364. The second-order valence-corrected chi connectivity index (χ2v) is 3.61. The van der Waals surface area contributed by atoms with Crippen LogP contribution in [0.5, 0.6) is 0 Å². The van der Waals surface area contributed by atoms with Crippen LogP contribution in [0.3, 0.4) is 0 Å². The lowest BCUT2D eigenvalue weighted by Gasteiger charge is -2.07. The molecule has 0 aliphatic rings. The summed E-state index contributed by atoms with van der Waals surface area (Å²) >= 11 is 3.16. The van der Waals surface area contributed by atoms with E-state index in [0.29, 0.717) is 10.0 Å². The van der Waals surface area contributed by atoms with E-state index in [9.17, 15) is 9.59 Å². The van der Waals surface area contributed by atoms with Gasteiger partial charge in [-0.3, -0.25) is 15.3 Å². The highest BCUT2D eigenvalue weighted by atomic mass is 79.9. The lowest BCUT2D eigenvalue weighted by Crippen LogP contribution is -2.22. The minimum atomic E-state index is -1.40. The van der Waals surface area contributed by atoms with Crippen LogP contribution < -0.4 is 5.73 Å². The summed E-state index contributed by atoms with van der Waals surface area (Å²) < 4.78 is 0.683. The van der Waals surface area contributed by atoms with Crippen molar-refractivity contribution >= 4 is 27.8 Å². The number of halogens is 1. The number of benzene rings is 1. The van der Waals surface area contributed by atoms with E-state index in [0.717, 1.165) is 0 Å². The maximum Gasteiger partial charge on any atom is 0.320 e. The molecule has 4 nitrogen and oxygen atoms in total. The first-order valence-corrected chi connectivity index (χ1v) is 4.55. The van der Waals surface area contributed by atoms with Crippen LogP contribution in [0.1, 0.15) is 11.5 Å². The van der Waals surface area contributed by atoms with Gasteiger partial charge in [0.2, 0.25) is 0 Å². The van der Waals surface area contributed by atoms with Gasteiger partial charge in [-0.1, -0.05) is 28.1 Å². The van der Waals surface area contributed by atoms with E-state index in [4.69, 9.17) is 10.8 Å². The Kier molecular flexibility index (Phi) is 3.24. The van der Waals surface area contributed by atoms with Crippen molar-refractivity contribution in [3.05, 3.63) is 34.3 Å². The highest BCUT2D eigenvalue weighted by Gasteiger charge is 2.26. The molecule has 0 saturated heterocycles. The van der Waals surface area contributed by atoms with E-state index in [-0.39, 0.29) is 0 Å². The smallest absolute Gasteiger partial charge is 0.320 e. The molecule has 0 heterocycles. The minimum absolute atomic E-state index is 0.312. The van der Waals surface area contributed by atoms with E-state index < -0.39 is 17.8 Å². The third-order valence-corrected chi connectivity index (χ3v) is 2.18. The molecule has 0 saturated carbocycles. The number of carboxylic acid groups (broad SMARTS) is 1. The largest absolute Gasteiger partial charge is 0.480 e. The van der Waals surface area contributed by atoms with E-state index in [1.807, 2.05) is 0 Å². The van der Waals surface area contributed by atoms with Crippen molar-refractivity contribution in [2.45, 2.75) is 5.92 Å². The van der Waals surface area contributed by atoms with Crippen molar-refractivity contribution in [1.82, 2.24) is 5.73 Å². The zero-order valence-corrected chi connectivity index (χ0v) is 8.61. The zero-order valence-electron chi connectivity index (χ0n) is 7.03. The van der Waals surface area contributed by atoms with Gasteiger partial charge in [-0.25, -0.2) is 0 Å². The van der Waals surface area contributed by atoms with E-state index in [1.165, 1.54) is 12.1 Å². The van der Waals surface area contributed by atoms with Gasteiger partial charge in [-0.05, 0) is 17.7 Å². The summed E-state index contributed by atoms with van der Waals surface area (Å²) in [5, 5.41) is 8.73. The number of hydrogen-bond acceptors (Lipinski definition) is 2. The Morgan fingerprint density at radius 1 is 1.43 bits per heavy atom. The van der Waals surface area contributed by atoms with Crippen molar-refractivity contribution in [3.63, 3.8) is 0 Å². The van der Waals surface area contributed by atoms with Crippen LogP contribution in [0.25, 0.3) is 0 Å². The lowest BCUT2D eigenvalue weighted by atomic mass is 9.99. The Labute approximate surface area is 88.9 Å². The molecule has 0 aliphatic heterocycles. The fourth-order valence-electron chi connectivity index (χ4n) is 1.09. The monoisotopic (exact) mass is 256 g/mol. The first-order chi connectivity index (χ1) is 6.52. The van der Waals surface area contributed by atoms with Gasteiger partial charge < -0.3 is 5.11 Å². The third kappa shape index (κ3) is 2.32. The number of hydrogen-bond donors (Lipinski definition) is 1. The van der Waals surface area contributed by atoms with Crippen molar-refractivity contribution < 1.29 is 14.7 Å². The van der Waals surface area contributed by atoms with Crippen molar-refractivity contribution in [2.24, 2.45) is 0 Å². The van der Waals surface area contributed by atoms with Crippen molar-refractivity contribution in [1.29, 1.82) is 0 Å². The molecule has 1 radical (unpaired) electrons.